The van der Waals surface area contributed by atoms with Gasteiger partial charge in [-0.1, -0.05) is 22.0 Å². The molecule has 0 saturated carbocycles. The number of benzene rings is 1. The van der Waals surface area contributed by atoms with Crippen LogP contribution in [0.4, 0.5) is 13.2 Å². The maximum atomic E-state index is 12.9. The second-order valence-electron chi connectivity index (χ2n) is 3.57. The van der Waals surface area contributed by atoms with Crippen molar-refractivity contribution in [3.63, 3.8) is 0 Å². The molecule has 0 bridgehead atoms. The van der Waals surface area contributed by atoms with Gasteiger partial charge in [-0.3, -0.25) is 0 Å². The number of nitrogens with one attached hydrogen (secondary N) is 1. The molecule has 2 rings (SSSR count). The summed E-state index contributed by atoms with van der Waals surface area (Å²) in [5.74, 6) is 0.210. The van der Waals surface area contributed by atoms with E-state index in [2.05, 4.69) is 25.9 Å². The number of halogens is 4. The van der Waals surface area contributed by atoms with E-state index in [0.717, 1.165) is 6.07 Å². The zero-order valence-electron chi connectivity index (χ0n) is 8.77. The summed E-state index contributed by atoms with van der Waals surface area (Å²) in [6.45, 7) is 1.74. The number of nitrogens with zero attached hydrogens (tertiary/aromatic N) is 1. The molecular weight excluding hydrogens is 297 g/mol. The molecule has 0 saturated heterocycles. The van der Waals surface area contributed by atoms with Crippen LogP contribution in [0.25, 0.3) is 11.4 Å². The number of aryl methyl sites for hydroxylation is 1. The van der Waals surface area contributed by atoms with Gasteiger partial charge in [0.25, 0.3) is 0 Å². The van der Waals surface area contributed by atoms with Crippen molar-refractivity contribution in [1.82, 2.24) is 9.97 Å². The predicted octanol–water partition coefficient (Wildman–Crippen LogP) is 4.17. The van der Waals surface area contributed by atoms with Crippen LogP contribution in [0.3, 0.4) is 0 Å². The van der Waals surface area contributed by atoms with Crippen LogP contribution in [0.2, 0.25) is 0 Å². The minimum absolute atomic E-state index is 0.0353. The molecule has 1 heterocycles. The van der Waals surface area contributed by atoms with Crippen molar-refractivity contribution in [2.45, 2.75) is 13.1 Å². The summed E-state index contributed by atoms with van der Waals surface area (Å²) in [5, 5.41) is 0. The van der Waals surface area contributed by atoms with Gasteiger partial charge in [0.1, 0.15) is 5.82 Å². The third-order valence-corrected chi connectivity index (χ3v) is 2.92. The van der Waals surface area contributed by atoms with Gasteiger partial charge < -0.3 is 4.98 Å². The number of aromatic amines is 1. The fraction of sp³-hybridized carbons (Fsp3) is 0.182. The van der Waals surface area contributed by atoms with Crippen molar-refractivity contribution in [2.75, 3.05) is 0 Å². The molecule has 0 aliphatic carbocycles. The van der Waals surface area contributed by atoms with E-state index in [1.807, 2.05) is 0 Å². The third kappa shape index (κ3) is 2.36. The van der Waals surface area contributed by atoms with Crippen molar-refractivity contribution < 1.29 is 13.2 Å². The van der Waals surface area contributed by atoms with Gasteiger partial charge in [-0.25, -0.2) is 4.98 Å². The first-order chi connectivity index (χ1) is 7.89. The van der Waals surface area contributed by atoms with E-state index >= 15 is 0 Å². The van der Waals surface area contributed by atoms with Crippen LogP contribution >= 0.6 is 15.9 Å². The highest BCUT2D eigenvalue weighted by Crippen LogP contribution is 2.39. The largest absolute Gasteiger partial charge is 0.417 e. The minimum atomic E-state index is -4.40. The van der Waals surface area contributed by atoms with Gasteiger partial charge in [0.05, 0.1) is 5.56 Å². The van der Waals surface area contributed by atoms with Crippen LogP contribution in [0.15, 0.2) is 28.9 Å². The lowest BCUT2D eigenvalue weighted by atomic mass is 10.1. The van der Waals surface area contributed by atoms with Gasteiger partial charge >= 0.3 is 6.18 Å². The maximum Gasteiger partial charge on any atom is 0.417 e. The van der Waals surface area contributed by atoms with Crippen molar-refractivity contribution >= 4 is 15.9 Å². The Morgan fingerprint density at radius 2 is 2.00 bits per heavy atom. The molecular formula is C11H8BrF3N2. The highest BCUT2D eigenvalue weighted by Gasteiger charge is 2.35. The fourth-order valence-electron chi connectivity index (χ4n) is 1.54. The Bertz CT molecular complexity index is 546. The van der Waals surface area contributed by atoms with Crippen LogP contribution in [0, 0.1) is 6.92 Å². The van der Waals surface area contributed by atoms with Gasteiger partial charge in [-0.15, -0.1) is 0 Å². The number of alkyl halides is 3. The molecule has 6 heteroatoms. The summed E-state index contributed by atoms with van der Waals surface area (Å²) < 4.78 is 38.9. The van der Waals surface area contributed by atoms with Gasteiger partial charge in [0.15, 0.2) is 0 Å². The predicted molar refractivity (Wildman–Crippen MR) is 61.5 cm³/mol. The normalized spacial score (nSPS) is 11.8. The molecule has 1 aromatic carbocycles. The summed E-state index contributed by atoms with van der Waals surface area (Å²) >= 11 is 3.13. The SMILES string of the molecule is Cc1cnc(-c2c(Br)cccc2C(F)(F)F)[nH]1. The molecule has 1 N–H and O–H groups in total. The molecule has 0 radical (unpaired) electrons. The van der Waals surface area contributed by atoms with E-state index in [-0.39, 0.29) is 11.4 Å². The molecule has 0 amide bonds. The average molecular weight is 305 g/mol. The van der Waals surface area contributed by atoms with Crippen molar-refractivity contribution in [1.29, 1.82) is 0 Å². The van der Waals surface area contributed by atoms with Gasteiger partial charge in [-0.05, 0) is 19.1 Å². The van der Waals surface area contributed by atoms with Crippen molar-refractivity contribution in [3.8, 4) is 11.4 Å². The molecule has 0 spiro atoms. The quantitative estimate of drug-likeness (QED) is 0.842. The van der Waals surface area contributed by atoms with Crippen LogP contribution in [0.1, 0.15) is 11.3 Å². The topological polar surface area (TPSA) is 28.7 Å². The zero-order chi connectivity index (χ0) is 12.6. The Labute approximate surface area is 104 Å². The third-order valence-electron chi connectivity index (χ3n) is 2.26. The second-order valence-corrected chi connectivity index (χ2v) is 4.43. The number of hydrogen-bond acceptors (Lipinski definition) is 1. The van der Waals surface area contributed by atoms with Gasteiger partial charge in [0, 0.05) is 21.9 Å². The molecule has 2 aromatic rings. The summed E-state index contributed by atoms with van der Waals surface area (Å²) in [6.07, 6.45) is -2.91. The highest BCUT2D eigenvalue weighted by molar-refractivity contribution is 9.10. The summed E-state index contributed by atoms with van der Waals surface area (Å²) in [5.41, 5.74) is 0.0400. The van der Waals surface area contributed by atoms with E-state index in [9.17, 15) is 13.2 Å². The Kier molecular flexibility index (Phi) is 2.99. The molecule has 1 aromatic heterocycles. The number of rotatable bonds is 1. The molecule has 17 heavy (non-hydrogen) atoms. The first-order valence-electron chi connectivity index (χ1n) is 4.77. The Morgan fingerprint density at radius 1 is 1.29 bits per heavy atom. The Hall–Kier alpha value is -1.30. The summed E-state index contributed by atoms with van der Waals surface area (Å²) in [7, 11) is 0. The van der Waals surface area contributed by atoms with Crippen LogP contribution in [-0.4, -0.2) is 9.97 Å². The standard InChI is InChI=1S/C11H8BrF3N2/c1-6-5-16-10(17-6)9-7(11(13,14)15)3-2-4-8(9)12/h2-5H,1H3,(H,16,17). The number of imidazole rings is 1. The minimum Gasteiger partial charge on any atom is -0.342 e. The summed E-state index contributed by atoms with van der Waals surface area (Å²) in [4.78, 5) is 6.74. The van der Waals surface area contributed by atoms with E-state index in [1.165, 1.54) is 12.3 Å². The summed E-state index contributed by atoms with van der Waals surface area (Å²) in [6, 6.07) is 3.95. The van der Waals surface area contributed by atoms with Gasteiger partial charge in [-0.2, -0.15) is 13.2 Å². The Morgan fingerprint density at radius 3 is 2.53 bits per heavy atom. The molecule has 2 nitrogen and oxygen atoms in total. The highest BCUT2D eigenvalue weighted by atomic mass is 79.9. The lowest BCUT2D eigenvalue weighted by molar-refractivity contribution is -0.137. The molecule has 0 atom stereocenters. The van der Waals surface area contributed by atoms with E-state index in [0.29, 0.717) is 10.2 Å². The average Bonchev–Trinajstić information content (AvgIpc) is 2.63. The Balaban J connectivity index is 2.67. The second kappa shape index (κ2) is 4.18. The molecule has 0 fully saturated rings. The van der Waals surface area contributed by atoms with E-state index in [4.69, 9.17) is 0 Å². The first-order valence-corrected chi connectivity index (χ1v) is 5.56. The van der Waals surface area contributed by atoms with Crippen LogP contribution < -0.4 is 0 Å². The monoisotopic (exact) mass is 304 g/mol. The zero-order valence-corrected chi connectivity index (χ0v) is 10.4. The first kappa shape index (κ1) is 12.2. The molecule has 0 unspecified atom stereocenters. The van der Waals surface area contributed by atoms with E-state index < -0.39 is 11.7 Å². The van der Waals surface area contributed by atoms with Crippen molar-refractivity contribution in [2.24, 2.45) is 0 Å². The molecule has 0 aliphatic heterocycles. The fourth-order valence-corrected chi connectivity index (χ4v) is 2.09. The lowest BCUT2D eigenvalue weighted by Gasteiger charge is -2.12. The molecule has 90 valence electrons. The number of aromatic nitrogens is 2. The maximum absolute atomic E-state index is 12.9. The van der Waals surface area contributed by atoms with Crippen LogP contribution in [-0.2, 0) is 6.18 Å². The van der Waals surface area contributed by atoms with Crippen LogP contribution in [0.5, 0.6) is 0 Å². The van der Waals surface area contributed by atoms with Gasteiger partial charge in [0.2, 0.25) is 0 Å². The molecule has 0 aliphatic rings. The van der Waals surface area contributed by atoms with E-state index in [1.54, 1.807) is 13.0 Å². The lowest BCUT2D eigenvalue weighted by Crippen LogP contribution is -2.08. The van der Waals surface area contributed by atoms with Crippen molar-refractivity contribution in [3.05, 3.63) is 40.1 Å². The number of hydrogen-bond donors (Lipinski definition) is 1. The number of H-pyrrole nitrogens is 1. The smallest absolute Gasteiger partial charge is 0.342 e.